The number of primary amides is 1. The van der Waals surface area contributed by atoms with Crippen LogP contribution in [0.5, 0.6) is 0 Å². The summed E-state index contributed by atoms with van der Waals surface area (Å²) in [5, 5.41) is 0.517. The van der Waals surface area contributed by atoms with Crippen LogP contribution < -0.4 is 5.73 Å². The number of aryl methyl sites for hydroxylation is 1. The van der Waals surface area contributed by atoms with Gasteiger partial charge in [0.25, 0.3) is 0 Å². The van der Waals surface area contributed by atoms with Crippen LogP contribution >= 0.6 is 11.6 Å². The number of carbonyl (C=O) groups excluding carboxylic acids is 1. The summed E-state index contributed by atoms with van der Waals surface area (Å²) in [6, 6.07) is 4.28. The van der Waals surface area contributed by atoms with Gasteiger partial charge in [-0.15, -0.1) is 0 Å². The number of halogens is 1. The number of aromatic nitrogens is 1. The Morgan fingerprint density at radius 3 is 2.89 bits per heavy atom. The number of pyridine rings is 1. The normalized spacial score (nSPS) is 24.4. The molecule has 5 heteroatoms. The number of hydrogen-bond donors (Lipinski definition) is 1. The third kappa shape index (κ3) is 3.45. The van der Waals surface area contributed by atoms with E-state index in [1.807, 2.05) is 19.1 Å². The fourth-order valence-corrected chi connectivity index (χ4v) is 2.77. The summed E-state index contributed by atoms with van der Waals surface area (Å²) in [5.74, 6) is -0.223. The first-order valence-electron chi connectivity index (χ1n) is 6.62. The number of amides is 1. The molecule has 104 valence electrons. The fraction of sp³-hybridized carbons (Fsp3) is 0.571. The minimum Gasteiger partial charge on any atom is -0.369 e. The highest BCUT2D eigenvalue weighted by molar-refractivity contribution is 6.29. The highest BCUT2D eigenvalue weighted by Crippen LogP contribution is 2.24. The van der Waals surface area contributed by atoms with Gasteiger partial charge in [-0.05, 0) is 38.3 Å². The highest BCUT2D eigenvalue weighted by Gasteiger charge is 2.28. The average molecular weight is 282 g/mol. The van der Waals surface area contributed by atoms with Gasteiger partial charge >= 0.3 is 0 Å². The molecule has 0 aliphatic carbocycles. The SMILES string of the molecule is Cc1nc(Cl)ccc1CN1C[C@@H](C(N)=O)CC[C@H]1C. The van der Waals surface area contributed by atoms with E-state index in [4.69, 9.17) is 17.3 Å². The van der Waals surface area contributed by atoms with Gasteiger partial charge in [0.2, 0.25) is 5.91 Å². The van der Waals surface area contributed by atoms with E-state index in [2.05, 4.69) is 16.8 Å². The van der Waals surface area contributed by atoms with Crippen LogP contribution in [0.4, 0.5) is 0 Å². The summed E-state index contributed by atoms with van der Waals surface area (Å²) in [5.41, 5.74) is 7.52. The third-order valence-corrected chi connectivity index (χ3v) is 4.16. The summed E-state index contributed by atoms with van der Waals surface area (Å²) in [4.78, 5) is 17.9. The van der Waals surface area contributed by atoms with E-state index in [0.29, 0.717) is 11.2 Å². The minimum absolute atomic E-state index is 0.0308. The van der Waals surface area contributed by atoms with Gasteiger partial charge in [-0.3, -0.25) is 9.69 Å². The Kier molecular flexibility index (Phi) is 4.42. The maximum absolute atomic E-state index is 11.3. The molecule has 1 aliphatic rings. The van der Waals surface area contributed by atoms with E-state index in [1.54, 1.807) is 0 Å². The van der Waals surface area contributed by atoms with E-state index in [1.165, 1.54) is 0 Å². The van der Waals surface area contributed by atoms with Gasteiger partial charge < -0.3 is 5.73 Å². The fourth-order valence-electron chi connectivity index (χ4n) is 2.58. The van der Waals surface area contributed by atoms with Crippen molar-refractivity contribution in [2.24, 2.45) is 11.7 Å². The van der Waals surface area contributed by atoms with Gasteiger partial charge in [0, 0.05) is 24.8 Å². The first-order chi connectivity index (χ1) is 8.97. The maximum atomic E-state index is 11.3. The molecule has 0 radical (unpaired) electrons. The Morgan fingerprint density at radius 1 is 1.53 bits per heavy atom. The van der Waals surface area contributed by atoms with Crippen LogP contribution in [-0.2, 0) is 11.3 Å². The molecule has 1 fully saturated rings. The van der Waals surface area contributed by atoms with Crippen molar-refractivity contribution in [1.29, 1.82) is 0 Å². The molecule has 0 spiro atoms. The molecule has 0 bridgehead atoms. The molecule has 2 rings (SSSR count). The van der Waals surface area contributed by atoms with Gasteiger partial charge in [0.1, 0.15) is 5.15 Å². The number of piperidine rings is 1. The number of nitrogens with two attached hydrogens (primary N) is 1. The van der Waals surface area contributed by atoms with E-state index in [-0.39, 0.29) is 11.8 Å². The average Bonchev–Trinajstić information content (AvgIpc) is 2.34. The highest BCUT2D eigenvalue weighted by atomic mass is 35.5. The number of hydrogen-bond acceptors (Lipinski definition) is 3. The number of carbonyl (C=O) groups is 1. The molecule has 4 nitrogen and oxygen atoms in total. The molecule has 2 heterocycles. The number of rotatable bonds is 3. The summed E-state index contributed by atoms with van der Waals surface area (Å²) in [6.45, 7) is 5.68. The lowest BCUT2D eigenvalue weighted by Gasteiger charge is -2.37. The van der Waals surface area contributed by atoms with E-state index in [0.717, 1.165) is 37.2 Å². The molecule has 2 atom stereocenters. The molecule has 2 N–H and O–H groups in total. The number of likely N-dealkylation sites (tertiary alicyclic amines) is 1. The van der Waals surface area contributed by atoms with Crippen LogP contribution in [0.2, 0.25) is 5.15 Å². The van der Waals surface area contributed by atoms with Crippen molar-refractivity contribution in [3.05, 3.63) is 28.5 Å². The molecular weight excluding hydrogens is 262 g/mol. The van der Waals surface area contributed by atoms with E-state index in [9.17, 15) is 4.79 Å². The van der Waals surface area contributed by atoms with Gasteiger partial charge in [-0.2, -0.15) is 0 Å². The Labute approximate surface area is 118 Å². The maximum Gasteiger partial charge on any atom is 0.221 e. The Bertz CT molecular complexity index is 478. The standard InChI is InChI=1S/C14H20ClN3O/c1-9-3-4-12(14(16)19)8-18(9)7-11-5-6-13(15)17-10(11)2/h5-6,9,12H,3-4,7-8H2,1-2H3,(H2,16,19)/t9-,12+/m1/s1. The first kappa shape index (κ1) is 14.3. The molecule has 0 aromatic carbocycles. The predicted octanol–water partition coefficient (Wildman–Crippen LogP) is 2.13. The summed E-state index contributed by atoms with van der Waals surface area (Å²) in [6.07, 6.45) is 1.90. The van der Waals surface area contributed by atoms with Gasteiger partial charge in [-0.1, -0.05) is 17.7 Å². The van der Waals surface area contributed by atoms with Crippen LogP contribution in [-0.4, -0.2) is 28.4 Å². The Hall–Kier alpha value is -1.13. The summed E-state index contributed by atoms with van der Waals surface area (Å²) < 4.78 is 0. The van der Waals surface area contributed by atoms with Crippen LogP contribution in [0, 0.1) is 12.8 Å². The largest absolute Gasteiger partial charge is 0.369 e. The molecule has 1 aromatic rings. The zero-order chi connectivity index (χ0) is 14.0. The third-order valence-electron chi connectivity index (χ3n) is 3.95. The van der Waals surface area contributed by atoms with Crippen molar-refractivity contribution in [1.82, 2.24) is 9.88 Å². The van der Waals surface area contributed by atoms with Crippen molar-refractivity contribution in [2.75, 3.05) is 6.54 Å². The van der Waals surface area contributed by atoms with Crippen molar-refractivity contribution < 1.29 is 4.79 Å². The molecule has 0 saturated carbocycles. The summed E-state index contributed by atoms with van der Waals surface area (Å²) >= 11 is 5.87. The molecule has 0 unspecified atom stereocenters. The van der Waals surface area contributed by atoms with Crippen LogP contribution in [0.15, 0.2) is 12.1 Å². The van der Waals surface area contributed by atoms with E-state index < -0.39 is 0 Å². The van der Waals surface area contributed by atoms with Crippen molar-refractivity contribution in [3.8, 4) is 0 Å². The van der Waals surface area contributed by atoms with Crippen molar-refractivity contribution in [3.63, 3.8) is 0 Å². The number of nitrogens with zero attached hydrogens (tertiary/aromatic N) is 2. The second-order valence-corrected chi connectivity index (χ2v) is 5.72. The van der Waals surface area contributed by atoms with Crippen molar-refractivity contribution in [2.45, 2.75) is 39.3 Å². The zero-order valence-electron chi connectivity index (χ0n) is 11.4. The molecule has 1 aliphatic heterocycles. The smallest absolute Gasteiger partial charge is 0.221 e. The Morgan fingerprint density at radius 2 is 2.26 bits per heavy atom. The molecule has 1 aromatic heterocycles. The molecule has 19 heavy (non-hydrogen) atoms. The van der Waals surface area contributed by atoms with Crippen LogP contribution in [0.3, 0.4) is 0 Å². The monoisotopic (exact) mass is 281 g/mol. The lowest BCUT2D eigenvalue weighted by Crippen LogP contribution is -2.45. The molecule has 1 amide bonds. The van der Waals surface area contributed by atoms with Crippen LogP contribution in [0.25, 0.3) is 0 Å². The topological polar surface area (TPSA) is 59.2 Å². The van der Waals surface area contributed by atoms with Gasteiger partial charge in [-0.25, -0.2) is 4.98 Å². The van der Waals surface area contributed by atoms with Crippen molar-refractivity contribution >= 4 is 17.5 Å². The second kappa shape index (κ2) is 5.88. The zero-order valence-corrected chi connectivity index (χ0v) is 12.2. The minimum atomic E-state index is -0.192. The van der Waals surface area contributed by atoms with Crippen LogP contribution in [0.1, 0.15) is 31.0 Å². The first-order valence-corrected chi connectivity index (χ1v) is 7.00. The quantitative estimate of drug-likeness (QED) is 0.864. The Balaban J connectivity index is 2.09. The summed E-state index contributed by atoms with van der Waals surface area (Å²) in [7, 11) is 0. The van der Waals surface area contributed by atoms with E-state index >= 15 is 0 Å². The lowest BCUT2D eigenvalue weighted by molar-refractivity contribution is -0.124. The molecular formula is C14H20ClN3O. The molecule has 1 saturated heterocycles. The lowest BCUT2D eigenvalue weighted by atomic mass is 9.92. The van der Waals surface area contributed by atoms with Gasteiger partial charge in [0.05, 0.1) is 5.92 Å². The van der Waals surface area contributed by atoms with Gasteiger partial charge in [0.15, 0.2) is 0 Å². The predicted molar refractivity (Wildman–Crippen MR) is 75.8 cm³/mol. The second-order valence-electron chi connectivity index (χ2n) is 5.33.